The van der Waals surface area contributed by atoms with Crippen LogP contribution in [0.15, 0.2) is 48.0 Å². The lowest BCUT2D eigenvalue weighted by Crippen LogP contribution is -2.21. The van der Waals surface area contributed by atoms with E-state index in [0.29, 0.717) is 11.6 Å². The maximum absolute atomic E-state index is 12.9. The molecule has 0 heterocycles. The Morgan fingerprint density at radius 2 is 1.84 bits per heavy atom. The molecule has 0 aliphatic carbocycles. The third-order valence-corrected chi connectivity index (χ3v) is 4.28. The molecule has 1 amide bonds. The number of ether oxygens (including phenoxy) is 1. The third kappa shape index (κ3) is 6.76. The molecule has 0 atom stereocenters. The molecular formula is C21H17ClF3N3O3. The minimum atomic E-state index is -4.69. The Bertz CT molecular complexity index is 1040. The predicted molar refractivity (Wildman–Crippen MR) is 110 cm³/mol. The van der Waals surface area contributed by atoms with Gasteiger partial charge in [-0.25, -0.2) is 4.79 Å². The Morgan fingerprint density at radius 1 is 1.19 bits per heavy atom. The normalized spacial score (nSPS) is 11.5. The number of nitrogens with zero attached hydrogens (tertiary/aromatic N) is 2. The highest BCUT2D eigenvalue weighted by atomic mass is 35.5. The number of halogens is 4. The standard InChI is InChI=1S/C21H17ClF3N3O3/c1-28(2)16-6-3-13(4-7-16)9-14(11-26)20(30)31-12-19(29)27-15-5-8-18(22)17(10-15)21(23,24)25/h3-10H,12H2,1-2H3,(H,27,29)/b14-9+. The third-order valence-electron chi connectivity index (χ3n) is 3.95. The molecule has 0 bridgehead atoms. The van der Waals surface area contributed by atoms with Gasteiger partial charge in [0, 0.05) is 25.5 Å². The molecule has 0 radical (unpaired) electrons. The first-order chi connectivity index (χ1) is 14.5. The molecule has 0 spiro atoms. The van der Waals surface area contributed by atoms with Crippen molar-refractivity contribution in [1.82, 2.24) is 0 Å². The summed E-state index contributed by atoms with van der Waals surface area (Å²) in [7, 11) is 3.73. The molecular weight excluding hydrogens is 435 g/mol. The molecule has 0 fully saturated rings. The van der Waals surface area contributed by atoms with Crippen molar-refractivity contribution in [2.75, 3.05) is 30.9 Å². The van der Waals surface area contributed by atoms with Gasteiger partial charge in [-0.15, -0.1) is 0 Å². The summed E-state index contributed by atoms with van der Waals surface area (Å²) in [6.07, 6.45) is -3.39. The molecule has 2 aromatic rings. The number of hydrogen-bond acceptors (Lipinski definition) is 5. The maximum Gasteiger partial charge on any atom is 0.417 e. The van der Waals surface area contributed by atoms with E-state index < -0.39 is 35.2 Å². The first kappa shape index (κ1) is 23.8. The summed E-state index contributed by atoms with van der Waals surface area (Å²) in [5.74, 6) is -1.92. The Hall–Kier alpha value is -3.51. The highest BCUT2D eigenvalue weighted by Gasteiger charge is 2.33. The highest BCUT2D eigenvalue weighted by molar-refractivity contribution is 6.31. The van der Waals surface area contributed by atoms with Gasteiger partial charge in [0.25, 0.3) is 5.91 Å². The number of hydrogen-bond donors (Lipinski definition) is 1. The van der Waals surface area contributed by atoms with E-state index >= 15 is 0 Å². The number of carbonyl (C=O) groups excluding carboxylic acids is 2. The fourth-order valence-corrected chi connectivity index (χ4v) is 2.62. The first-order valence-electron chi connectivity index (χ1n) is 8.74. The van der Waals surface area contributed by atoms with E-state index in [4.69, 9.17) is 16.3 Å². The minimum Gasteiger partial charge on any atom is -0.451 e. The van der Waals surface area contributed by atoms with E-state index in [0.717, 1.165) is 11.8 Å². The summed E-state index contributed by atoms with van der Waals surface area (Å²) >= 11 is 5.52. The van der Waals surface area contributed by atoms with E-state index in [2.05, 4.69) is 5.32 Å². The number of esters is 1. The average Bonchev–Trinajstić information content (AvgIpc) is 2.71. The van der Waals surface area contributed by atoms with Crippen LogP contribution < -0.4 is 10.2 Å². The van der Waals surface area contributed by atoms with E-state index in [1.165, 1.54) is 12.1 Å². The first-order valence-corrected chi connectivity index (χ1v) is 9.12. The predicted octanol–water partition coefficient (Wildman–Crippen LogP) is 4.51. The number of anilines is 2. The smallest absolute Gasteiger partial charge is 0.417 e. The zero-order valence-corrected chi connectivity index (χ0v) is 17.2. The molecule has 2 aromatic carbocycles. The van der Waals surface area contributed by atoms with Crippen molar-refractivity contribution in [3.05, 3.63) is 64.2 Å². The van der Waals surface area contributed by atoms with Crippen molar-refractivity contribution in [3.8, 4) is 6.07 Å². The van der Waals surface area contributed by atoms with Gasteiger partial charge in [0.05, 0.1) is 10.6 Å². The summed E-state index contributed by atoms with van der Waals surface area (Å²) in [6, 6.07) is 11.5. The number of benzene rings is 2. The highest BCUT2D eigenvalue weighted by Crippen LogP contribution is 2.36. The molecule has 6 nitrogen and oxygen atoms in total. The zero-order valence-electron chi connectivity index (χ0n) is 16.5. The molecule has 162 valence electrons. The van der Waals surface area contributed by atoms with Crippen molar-refractivity contribution in [2.45, 2.75) is 6.18 Å². The van der Waals surface area contributed by atoms with Gasteiger partial charge in [0.2, 0.25) is 0 Å². The van der Waals surface area contributed by atoms with E-state index in [1.807, 2.05) is 19.0 Å². The van der Waals surface area contributed by atoms with Crippen molar-refractivity contribution in [2.24, 2.45) is 0 Å². The Morgan fingerprint density at radius 3 is 2.39 bits per heavy atom. The number of carbonyl (C=O) groups is 2. The summed E-state index contributed by atoms with van der Waals surface area (Å²) in [6.45, 7) is -0.790. The van der Waals surface area contributed by atoms with Gasteiger partial charge in [-0.1, -0.05) is 23.7 Å². The molecule has 2 rings (SSSR count). The van der Waals surface area contributed by atoms with Crippen LogP contribution >= 0.6 is 11.6 Å². The van der Waals surface area contributed by atoms with Crippen molar-refractivity contribution >= 4 is 40.9 Å². The Kier molecular flexibility index (Phi) is 7.67. The van der Waals surface area contributed by atoms with Gasteiger partial charge in [0.15, 0.2) is 6.61 Å². The van der Waals surface area contributed by atoms with Crippen LogP contribution in [0.4, 0.5) is 24.5 Å². The fourth-order valence-electron chi connectivity index (χ4n) is 2.40. The van der Waals surface area contributed by atoms with E-state index in [9.17, 15) is 28.0 Å². The van der Waals surface area contributed by atoms with Gasteiger partial charge in [-0.3, -0.25) is 4.79 Å². The van der Waals surface area contributed by atoms with Crippen LogP contribution in [-0.2, 0) is 20.5 Å². The lowest BCUT2D eigenvalue weighted by molar-refractivity contribution is -0.142. The number of nitrogens with one attached hydrogen (secondary N) is 1. The second kappa shape index (κ2) is 10.00. The number of amides is 1. The molecule has 0 saturated carbocycles. The molecule has 0 aromatic heterocycles. The SMILES string of the molecule is CN(C)c1ccc(/C=C(\C#N)C(=O)OCC(=O)Nc2ccc(Cl)c(C(F)(F)F)c2)cc1. The minimum absolute atomic E-state index is 0.171. The van der Waals surface area contributed by atoms with Crippen LogP contribution in [0.1, 0.15) is 11.1 Å². The largest absolute Gasteiger partial charge is 0.451 e. The summed E-state index contributed by atoms with van der Waals surface area (Å²) in [5.41, 5.74) is -0.125. The van der Waals surface area contributed by atoms with Gasteiger partial charge >= 0.3 is 12.1 Å². The quantitative estimate of drug-likeness (QED) is 0.397. The monoisotopic (exact) mass is 451 g/mol. The zero-order chi connectivity index (χ0) is 23.2. The average molecular weight is 452 g/mol. The molecule has 1 N–H and O–H groups in total. The maximum atomic E-state index is 12.9. The summed E-state index contributed by atoms with van der Waals surface area (Å²) < 4.78 is 43.4. The van der Waals surface area contributed by atoms with Gasteiger partial charge in [-0.2, -0.15) is 18.4 Å². The van der Waals surface area contributed by atoms with Crippen LogP contribution in [0.2, 0.25) is 5.02 Å². The Balaban J connectivity index is 2.01. The molecule has 0 unspecified atom stereocenters. The van der Waals surface area contributed by atoms with Crippen molar-refractivity contribution in [3.63, 3.8) is 0 Å². The number of alkyl halides is 3. The molecule has 10 heteroatoms. The van der Waals surface area contributed by atoms with E-state index in [-0.39, 0.29) is 11.3 Å². The summed E-state index contributed by atoms with van der Waals surface area (Å²) in [4.78, 5) is 25.9. The second-order valence-electron chi connectivity index (χ2n) is 6.47. The van der Waals surface area contributed by atoms with Crippen molar-refractivity contribution < 1.29 is 27.5 Å². The van der Waals surface area contributed by atoms with Crippen LogP contribution in [-0.4, -0.2) is 32.6 Å². The number of rotatable bonds is 6. The van der Waals surface area contributed by atoms with Crippen LogP contribution in [0.3, 0.4) is 0 Å². The molecule has 0 saturated heterocycles. The van der Waals surface area contributed by atoms with Crippen LogP contribution in [0, 0.1) is 11.3 Å². The summed E-state index contributed by atoms with van der Waals surface area (Å²) in [5, 5.41) is 10.9. The fraction of sp³-hybridized carbons (Fsp3) is 0.190. The lowest BCUT2D eigenvalue weighted by atomic mass is 10.1. The van der Waals surface area contributed by atoms with E-state index in [1.54, 1.807) is 30.3 Å². The van der Waals surface area contributed by atoms with Crippen molar-refractivity contribution in [1.29, 1.82) is 5.26 Å². The van der Waals surface area contributed by atoms with Crippen LogP contribution in [0.25, 0.3) is 6.08 Å². The second-order valence-corrected chi connectivity index (χ2v) is 6.88. The molecule has 31 heavy (non-hydrogen) atoms. The topological polar surface area (TPSA) is 82.4 Å². The van der Waals surface area contributed by atoms with Gasteiger partial charge in [-0.05, 0) is 42.0 Å². The molecule has 0 aliphatic heterocycles. The van der Waals surface area contributed by atoms with Gasteiger partial charge in [0.1, 0.15) is 11.6 Å². The van der Waals surface area contributed by atoms with Gasteiger partial charge < -0.3 is 15.0 Å². The number of nitriles is 1. The van der Waals surface area contributed by atoms with Crippen LogP contribution in [0.5, 0.6) is 0 Å². The molecule has 0 aliphatic rings. The Labute approximate surface area is 181 Å². The lowest BCUT2D eigenvalue weighted by Gasteiger charge is -2.12.